The highest BCUT2D eigenvalue weighted by atomic mass is 32.2. The number of nitrogens with two attached hydrogens (primary N) is 1. The molecule has 9 nitrogen and oxygen atoms in total. The summed E-state index contributed by atoms with van der Waals surface area (Å²) < 4.78 is 6.99. The van der Waals surface area contributed by atoms with Crippen molar-refractivity contribution in [1.82, 2.24) is 14.8 Å². The zero-order chi connectivity index (χ0) is 23.3. The number of rotatable bonds is 9. The van der Waals surface area contributed by atoms with E-state index in [1.165, 1.54) is 11.8 Å². The average Bonchev–Trinajstić information content (AvgIpc) is 3.33. The number of benzene rings is 1. The second kappa shape index (κ2) is 10.4. The summed E-state index contributed by atoms with van der Waals surface area (Å²) in [5.41, 5.74) is 6.87. The Morgan fingerprint density at radius 2 is 1.91 bits per heavy atom. The molecule has 0 radical (unpaired) electrons. The van der Waals surface area contributed by atoms with E-state index in [9.17, 15) is 14.4 Å². The van der Waals surface area contributed by atoms with Gasteiger partial charge in [-0.2, -0.15) is 0 Å². The van der Waals surface area contributed by atoms with Gasteiger partial charge in [-0.25, -0.2) is 4.79 Å². The number of carbonyl (C=O) groups excluding carboxylic acids is 3. The quantitative estimate of drug-likeness (QED) is 0.360. The first-order valence-corrected chi connectivity index (χ1v) is 11.7. The Morgan fingerprint density at radius 3 is 2.53 bits per heavy atom. The standard InChI is InChI=1S/C21H23N5O4S2/c1-4-26-18(13-9-7-6-8-10-13)24-25-21(26)31-11-14(27)23-19-15(20(29)30-5-2)12(3)16(32-19)17(22)28/h6-10H,4-5,11H2,1-3H3,(H2,22,28)(H,23,27). The summed E-state index contributed by atoms with van der Waals surface area (Å²) in [4.78, 5) is 36.9. The number of hydrogen-bond donors (Lipinski definition) is 2. The first-order valence-electron chi connectivity index (χ1n) is 9.88. The molecule has 0 saturated carbocycles. The number of thioether (sulfide) groups is 1. The number of ether oxygens (including phenoxy) is 1. The number of carbonyl (C=O) groups is 3. The van der Waals surface area contributed by atoms with Crippen LogP contribution >= 0.6 is 23.1 Å². The Hall–Kier alpha value is -3.18. The topological polar surface area (TPSA) is 129 Å². The molecular weight excluding hydrogens is 450 g/mol. The van der Waals surface area contributed by atoms with E-state index >= 15 is 0 Å². The summed E-state index contributed by atoms with van der Waals surface area (Å²) in [5, 5.41) is 12.0. The van der Waals surface area contributed by atoms with Crippen LogP contribution in [0.2, 0.25) is 0 Å². The van der Waals surface area contributed by atoms with Crippen molar-refractivity contribution in [3.05, 3.63) is 46.3 Å². The number of amides is 2. The third kappa shape index (κ3) is 5.00. The van der Waals surface area contributed by atoms with E-state index in [0.717, 1.165) is 22.7 Å². The first kappa shape index (κ1) is 23.5. The van der Waals surface area contributed by atoms with Crippen molar-refractivity contribution >= 4 is 45.9 Å². The molecule has 0 saturated heterocycles. The van der Waals surface area contributed by atoms with E-state index < -0.39 is 11.9 Å². The van der Waals surface area contributed by atoms with Crippen LogP contribution in [0, 0.1) is 6.92 Å². The Kier molecular flexibility index (Phi) is 7.65. The maximum absolute atomic E-state index is 12.6. The summed E-state index contributed by atoms with van der Waals surface area (Å²) in [6.07, 6.45) is 0. The van der Waals surface area contributed by atoms with E-state index in [2.05, 4.69) is 15.5 Å². The molecule has 32 heavy (non-hydrogen) atoms. The second-order valence-electron chi connectivity index (χ2n) is 6.60. The van der Waals surface area contributed by atoms with Crippen LogP contribution in [0.3, 0.4) is 0 Å². The highest BCUT2D eigenvalue weighted by Gasteiger charge is 2.26. The SMILES string of the molecule is CCOC(=O)c1c(NC(=O)CSc2nnc(-c3ccccc3)n2CC)sc(C(N)=O)c1C. The minimum atomic E-state index is -0.669. The van der Waals surface area contributed by atoms with Crippen LogP contribution in [0.5, 0.6) is 0 Å². The molecule has 3 aromatic rings. The number of hydrogen-bond acceptors (Lipinski definition) is 8. The van der Waals surface area contributed by atoms with E-state index in [1.807, 2.05) is 41.8 Å². The van der Waals surface area contributed by atoms with E-state index in [0.29, 0.717) is 17.3 Å². The largest absolute Gasteiger partial charge is 0.462 e. The minimum Gasteiger partial charge on any atom is -0.462 e. The number of primary amides is 1. The molecule has 0 fully saturated rings. The lowest BCUT2D eigenvalue weighted by Gasteiger charge is -2.08. The van der Waals surface area contributed by atoms with Crippen LogP contribution in [-0.4, -0.2) is 44.9 Å². The first-order chi connectivity index (χ1) is 15.4. The predicted molar refractivity (Wildman–Crippen MR) is 124 cm³/mol. The molecule has 0 bridgehead atoms. The van der Waals surface area contributed by atoms with Crippen LogP contribution in [0.4, 0.5) is 5.00 Å². The van der Waals surface area contributed by atoms with Crippen molar-refractivity contribution in [2.75, 3.05) is 17.7 Å². The Morgan fingerprint density at radius 1 is 1.19 bits per heavy atom. The van der Waals surface area contributed by atoms with Crippen LogP contribution in [-0.2, 0) is 16.1 Å². The van der Waals surface area contributed by atoms with Gasteiger partial charge in [-0.3, -0.25) is 9.59 Å². The Bertz CT molecular complexity index is 1140. The molecular formula is C21H23N5O4S2. The fraction of sp³-hybridized carbons (Fsp3) is 0.286. The summed E-state index contributed by atoms with van der Waals surface area (Å²) in [6.45, 7) is 6.06. The van der Waals surface area contributed by atoms with Crippen LogP contribution in [0.15, 0.2) is 35.5 Å². The van der Waals surface area contributed by atoms with Crippen molar-refractivity contribution in [2.45, 2.75) is 32.5 Å². The maximum atomic E-state index is 12.6. The molecule has 2 heterocycles. The van der Waals surface area contributed by atoms with Gasteiger partial charge in [0.05, 0.1) is 22.8 Å². The fourth-order valence-corrected chi connectivity index (χ4v) is 4.93. The monoisotopic (exact) mass is 473 g/mol. The van der Waals surface area contributed by atoms with Crippen LogP contribution < -0.4 is 11.1 Å². The molecule has 0 atom stereocenters. The van der Waals surface area contributed by atoms with Gasteiger partial charge in [0.15, 0.2) is 11.0 Å². The third-order valence-electron chi connectivity index (χ3n) is 4.50. The minimum absolute atomic E-state index is 0.0397. The zero-order valence-electron chi connectivity index (χ0n) is 17.9. The number of thiophene rings is 1. The normalized spacial score (nSPS) is 10.7. The van der Waals surface area contributed by atoms with Gasteiger partial charge in [-0.05, 0) is 26.3 Å². The lowest BCUT2D eigenvalue weighted by atomic mass is 10.1. The smallest absolute Gasteiger partial charge is 0.341 e. The van der Waals surface area contributed by atoms with E-state index in [-0.39, 0.29) is 33.7 Å². The second-order valence-corrected chi connectivity index (χ2v) is 8.56. The highest BCUT2D eigenvalue weighted by molar-refractivity contribution is 7.99. The van der Waals surface area contributed by atoms with Gasteiger partial charge in [0, 0.05) is 12.1 Å². The van der Waals surface area contributed by atoms with E-state index in [1.54, 1.807) is 13.8 Å². The summed E-state index contributed by atoms with van der Waals surface area (Å²) >= 11 is 2.19. The van der Waals surface area contributed by atoms with Crippen molar-refractivity contribution < 1.29 is 19.1 Å². The van der Waals surface area contributed by atoms with E-state index in [4.69, 9.17) is 10.5 Å². The fourth-order valence-electron chi connectivity index (χ4n) is 3.06. The van der Waals surface area contributed by atoms with Crippen molar-refractivity contribution in [2.24, 2.45) is 5.73 Å². The van der Waals surface area contributed by atoms with Crippen molar-refractivity contribution in [1.29, 1.82) is 0 Å². The van der Waals surface area contributed by atoms with Gasteiger partial charge in [-0.15, -0.1) is 21.5 Å². The lowest BCUT2D eigenvalue weighted by Crippen LogP contribution is -2.17. The van der Waals surface area contributed by atoms with Gasteiger partial charge in [-0.1, -0.05) is 42.1 Å². The number of nitrogens with one attached hydrogen (secondary N) is 1. The van der Waals surface area contributed by atoms with Crippen LogP contribution in [0.25, 0.3) is 11.4 Å². The third-order valence-corrected chi connectivity index (χ3v) is 6.69. The molecule has 2 aromatic heterocycles. The lowest BCUT2D eigenvalue weighted by molar-refractivity contribution is -0.113. The summed E-state index contributed by atoms with van der Waals surface area (Å²) in [5.74, 6) is -0.879. The number of aromatic nitrogens is 3. The van der Waals surface area contributed by atoms with Crippen LogP contribution in [0.1, 0.15) is 39.4 Å². The number of nitrogens with zero attached hydrogens (tertiary/aromatic N) is 3. The van der Waals surface area contributed by atoms with Gasteiger partial charge in [0.2, 0.25) is 5.91 Å². The Labute approximate surface area is 193 Å². The summed E-state index contributed by atoms with van der Waals surface area (Å²) in [7, 11) is 0. The maximum Gasteiger partial charge on any atom is 0.341 e. The molecule has 0 aliphatic rings. The molecule has 2 amide bonds. The number of esters is 1. The molecule has 1 aromatic carbocycles. The zero-order valence-corrected chi connectivity index (χ0v) is 19.5. The molecule has 3 N–H and O–H groups in total. The average molecular weight is 474 g/mol. The molecule has 0 unspecified atom stereocenters. The molecule has 0 spiro atoms. The Balaban J connectivity index is 1.76. The van der Waals surface area contributed by atoms with Crippen molar-refractivity contribution in [3.8, 4) is 11.4 Å². The highest BCUT2D eigenvalue weighted by Crippen LogP contribution is 2.34. The van der Waals surface area contributed by atoms with Gasteiger partial charge < -0.3 is 20.4 Å². The number of anilines is 1. The van der Waals surface area contributed by atoms with Crippen molar-refractivity contribution in [3.63, 3.8) is 0 Å². The molecule has 3 rings (SSSR count). The van der Waals surface area contributed by atoms with Gasteiger partial charge in [0.1, 0.15) is 5.00 Å². The summed E-state index contributed by atoms with van der Waals surface area (Å²) in [6, 6.07) is 9.67. The molecule has 0 aliphatic heterocycles. The predicted octanol–water partition coefficient (Wildman–Crippen LogP) is 3.34. The van der Waals surface area contributed by atoms with Gasteiger partial charge >= 0.3 is 5.97 Å². The van der Waals surface area contributed by atoms with Gasteiger partial charge in [0.25, 0.3) is 5.91 Å². The molecule has 168 valence electrons. The molecule has 11 heteroatoms. The molecule has 0 aliphatic carbocycles.